The van der Waals surface area contributed by atoms with Gasteiger partial charge >= 0.3 is 5.97 Å². The summed E-state index contributed by atoms with van der Waals surface area (Å²) >= 11 is 0. The number of aromatic amines is 1. The lowest BCUT2D eigenvalue weighted by Gasteiger charge is -2.18. The van der Waals surface area contributed by atoms with Gasteiger partial charge in [0, 0.05) is 6.04 Å². The van der Waals surface area contributed by atoms with Gasteiger partial charge in [-0.3, -0.25) is 9.89 Å². The van der Waals surface area contributed by atoms with Crippen LogP contribution in [0.4, 0.5) is 0 Å². The minimum Gasteiger partial charge on any atom is -0.480 e. The summed E-state index contributed by atoms with van der Waals surface area (Å²) in [5, 5.41) is 14.5. The number of hydrogen-bond donors (Lipinski definition) is 2. The zero-order valence-electron chi connectivity index (χ0n) is 8.33. The van der Waals surface area contributed by atoms with E-state index >= 15 is 0 Å². The number of carboxylic acid groups (broad SMARTS) is 1. The molecule has 0 bridgehead atoms. The van der Waals surface area contributed by atoms with Crippen molar-refractivity contribution < 1.29 is 18.3 Å². The van der Waals surface area contributed by atoms with Crippen molar-refractivity contribution in [2.45, 2.75) is 23.9 Å². The van der Waals surface area contributed by atoms with Gasteiger partial charge < -0.3 is 5.11 Å². The van der Waals surface area contributed by atoms with Crippen molar-refractivity contribution in [3.8, 4) is 0 Å². The Morgan fingerprint density at radius 2 is 2.31 bits per heavy atom. The fraction of sp³-hybridized carbons (Fsp3) is 0.500. The molecule has 1 aromatic heterocycles. The summed E-state index contributed by atoms with van der Waals surface area (Å²) in [6, 6.07) is 1.12. The Morgan fingerprint density at radius 3 is 2.75 bits per heavy atom. The maximum atomic E-state index is 12.0. The molecule has 0 unspecified atom stereocenters. The zero-order chi connectivity index (χ0) is 11.8. The highest BCUT2D eigenvalue weighted by Crippen LogP contribution is 2.31. The van der Waals surface area contributed by atoms with Crippen LogP contribution in [0.15, 0.2) is 17.3 Å². The minimum absolute atomic E-state index is 0.0688. The summed E-state index contributed by atoms with van der Waals surface area (Å²) < 4.78 is 25.0. The van der Waals surface area contributed by atoms with Gasteiger partial charge in [-0.25, -0.2) is 8.42 Å². The summed E-state index contributed by atoms with van der Waals surface area (Å²) in [6.45, 7) is -0.508. The highest BCUT2D eigenvalue weighted by Gasteiger charge is 2.39. The Hall–Kier alpha value is -1.41. The minimum atomic E-state index is -3.76. The van der Waals surface area contributed by atoms with Crippen molar-refractivity contribution >= 4 is 16.0 Å². The molecule has 0 aromatic carbocycles. The number of rotatable bonds is 5. The van der Waals surface area contributed by atoms with E-state index in [-0.39, 0.29) is 11.1 Å². The van der Waals surface area contributed by atoms with E-state index in [4.69, 9.17) is 5.11 Å². The van der Waals surface area contributed by atoms with Crippen molar-refractivity contribution in [1.29, 1.82) is 0 Å². The van der Waals surface area contributed by atoms with Crippen LogP contribution in [0.1, 0.15) is 12.8 Å². The van der Waals surface area contributed by atoms with E-state index in [9.17, 15) is 13.2 Å². The van der Waals surface area contributed by atoms with Crippen LogP contribution in [0, 0.1) is 0 Å². The molecule has 1 aliphatic rings. The van der Waals surface area contributed by atoms with Crippen LogP contribution in [0.2, 0.25) is 0 Å². The molecular formula is C8H11N3O4S. The first kappa shape index (κ1) is 11.1. The van der Waals surface area contributed by atoms with Crippen LogP contribution in [-0.2, 0) is 14.8 Å². The highest BCUT2D eigenvalue weighted by molar-refractivity contribution is 7.89. The fourth-order valence-corrected chi connectivity index (χ4v) is 2.96. The van der Waals surface area contributed by atoms with E-state index in [0.29, 0.717) is 12.8 Å². The Kier molecular flexibility index (Phi) is 2.68. The van der Waals surface area contributed by atoms with E-state index in [2.05, 4.69) is 10.2 Å². The first-order valence-corrected chi connectivity index (χ1v) is 6.19. The van der Waals surface area contributed by atoms with Gasteiger partial charge in [0.05, 0.1) is 6.20 Å². The maximum Gasteiger partial charge on any atom is 0.318 e. The zero-order valence-corrected chi connectivity index (χ0v) is 9.14. The van der Waals surface area contributed by atoms with Gasteiger partial charge in [0.15, 0.2) is 5.03 Å². The van der Waals surface area contributed by atoms with Crippen molar-refractivity contribution in [2.24, 2.45) is 0 Å². The topological polar surface area (TPSA) is 103 Å². The normalized spacial score (nSPS) is 16.6. The Morgan fingerprint density at radius 1 is 1.62 bits per heavy atom. The van der Waals surface area contributed by atoms with Crippen molar-refractivity contribution in [3.63, 3.8) is 0 Å². The first-order chi connectivity index (χ1) is 7.51. The molecule has 1 fully saturated rings. The van der Waals surface area contributed by atoms with Gasteiger partial charge in [0.1, 0.15) is 6.54 Å². The molecule has 1 heterocycles. The highest BCUT2D eigenvalue weighted by atomic mass is 32.2. The molecule has 1 aliphatic carbocycles. The standard InChI is InChI=1S/C8H11N3O4S/c12-8(13)5-11(6-1-2-6)16(14,15)7-3-4-9-10-7/h3-4,6H,1-2,5H2,(H,9,10)(H,12,13). The summed E-state index contributed by atoms with van der Waals surface area (Å²) in [6.07, 6.45) is 2.74. The Balaban J connectivity index is 2.29. The first-order valence-electron chi connectivity index (χ1n) is 4.75. The number of hydrogen-bond acceptors (Lipinski definition) is 4. The number of aromatic nitrogens is 2. The molecule has 2 rings (SSSR count). The smallest absolute Gasteiger partial charge is 0.318 e. The molecule has 0 atom stereocenters. The van der Waals surface area contributed by atoms with E-state index < -0.39 is 22.5 Å². The van der Waals surface area contributed by atoms with Crippen LogP contribution >= 0.6 is 0 Å². The lowest BCUT2D eigenvalue weighted by atomic mass is 10.6. The Labute approximate surface area is 92.1 Å². The Bertz CT molecular complexity index is 477. The third-order valence-corrected chi connectivity index (χ3v) is 4.13. The average Bonchev–Trinajstić information content (AvgIpc) is 2.86. The molecular weight excluding hydrogens is 234 g/mol. The molecule has 1 aromatic rings. The van der Waals surface area contributed by atoms with Gasteiger partial charge in [-0.1, -0.05) is 0 Å². The van der Waals surface area contributed by atoms with E-state index in [1.165, 1.54) is 12.3 Å². The molecule has 1 saturated carbocycles. The molecule has 0 amide bonds. The number of nitrogens with one attached hydrogen (secondary N) is 1. The quantitative estimate of drug-likeness (QED) is 0.737. The van der Waals surface area contributed by atoms with E-state index in [1.807, 2.05) is 0 Å². The molecule has 7 nitrogen and oxygen atoms in total. The predicted molar refractivity (Wildman–Crippen MR) is 53.1 cm³/mol. The molecule has 88 valence electrons. The third kappa shape index (κ3) is 2.07. The lowest BCUT2D eigenvalue weighted by Crippen LogP contribution is -2.37. The largest absolute Gasteiger partial charge is 0.480 e. The molecule has 0 saturated heterocycles. The number of carboxylic acids is 1. The molecule has 0 spiro atoms. The molecule has 2 N–H and O–H groups in total. The van der Waals surface area contributed by atoms with Gasteiger partial charge in [0.2, 0.25) is 0 Å². The SMILES string of the molecule is O=C(O)CN(C1CC1)S(=O)(=O)c1ccn[nH]1. The number of sulfonamides is 1. The number of H-pyrrole nitrogens is 1. The molecule has 16 heavy (non-hydrogen) atoms. The molecule has 0 radical (unpaired) electrons. The number of aliphatic carboxylic acids is 1. The number of nitrogens with zero attached hydrogens (tertiary/aromatic N) is 2. The molecule has 8 heteroatoms. The van der Waals surface area contributed by atoms with E-state index in [0.717, 1.165) is 4.31 Å². The second kappa shape index (κ2) is 3.87. The lowest BCUT2D eigenvalue weighted by molar-refractivity contribution is -0.137. The maximum absolute atomic E-state index is 12.0. The average molecular weight is 245 g/mol. The van der Waals surface area contributed by atoms with Crippen molar-refractivity contribution in [1.82, 2.24) is 14.5 Å². The fourth-order valence-electron chi connectivity index (χ4n) is 1.42. The second-order valence-electron chi connectivity index (χ2n) is 3.60. The van der Waals surface area contributed by atoms with E-state index in [1.54, 1.807) is 0 Å². The van der Waals surface area contributed by atoms with Gasteiger partial charge in [-0.2, -0.15) is 9.40 Å². The monoisotopic (exact) mass is 245 g/mol. The summed E-state index contributed by atoms with van der Waals surface area (Å²) in [7, 11) is -3.76. The predicted octanol–water partition coefficient (Wildman–Crippen LogP) is -0.353. The summed E-state index contributed by atoms with van der Waals surface area (Å²) in [4.78, 5) is 10.6. The van der Waals surface area contributed by atoms with Crippen LogP contribution in [0.25, 0.3) is 0 Å². The number of carbonyl (C=O) groups is 1. The third-order valence-electron chi connectivity index (χ3n) is 2.31. The van der Waals surface area contributed by atoms with Crippen molar-refractivity contribution in [3.05, 3.63) is 12.3 Å². The van der Waals surface area contributed by atoms with Crippen LogP contribution in [0.5, 0.6) is 0 Å². The second-order valence-corrected chi connectivity index (χ2v) is 5.46. The summed E-state index contributed by atoms with van der Waals surface area (Å²) in [5.41, 5.74) is 0. The molecule has 0 aliphatic heterocycles. The summed E-state index contributed by atoms with van der Waals surface area (Å²) in [5.74, 6) is -1.16. The van der Waals surface area contributed by atoms with Crippen LogP contribution in [0.3, 0.4) is 0 Å². The van der Waals surface area contributed by atoms with Crippen LogP contribution in [-0.4, -0.2) is 46.6 Å². The van der Waals surface area contributed by atoms with Gasteiger partial charge in [0.25, 0.3) is 10.0 Å². The van der Waals surface area contributed by atoms with Crippen LogP contribution < -0.4 is 0 Å². The van der Waals surface area contributed by atoms with Gasteiger partial charge in [-0.15, -0.1) is 0 Å². The van der Waals surface area contributed by atoms with Crippen molar-refractivity contribution in [2.75, 3.05) is 6.54 Å². The van der Waals surface area contributed by atoms with Gasteiger partial charge in [-0.05, 0) is 18.9 Å².